The van der Waals surface area contributed by atoms with Gasteiger partial charge in [-0.15, -0.1) is 0 Å². The lowest BCUT2D eigenvalue weighted by atomic mass is 9.99. The van der Waals surface area contributed by atoms with E-state index in [0.29, 0.717) is 17.0 Å². The van der Waals surface area contributed by atoms with Gasteiger partial charge in [0, 0.05) is 29.3 Å². The van der Waals surface area contributed by atoms with Crippen molar-refractivity contribution in [2.24, 2.45) is 0 Å². The summed E-state index contributed by atoms with van der Waals surface area (Å²) in [5.74, 6) is 0.564. The predicted molar refractivity (Wildman–Crippen MR) is 128 cm³/mol. The summed E-state index contributed by atoms with van der Waals surface area (Å²) < 4.78 is 2.12. The van der Waals surface area contributed by atoms with Gasteiger partial charge in [0.15, 0.2) is 6.29 Å². The van der Waals surface area contributed by atoms with Crippen molar-refractivity contribution in [2.45, 2.75) is 31.8 Å². The first-order valence-corrected chi connectivity index (χ1v) is 11.1. The highest BCUT2D eigenvalue weighted by Gasteiger charge is 2.29. The van der Waals surface area contributed by atoms with Crippen LogP contribution in [0.2, 0.25) is 0 Å². The zero-order valence-electron chi connectivity index (χ0n) is 18.3. The van der Waals surface area contributed by atoms with Crippen LogP contribution in [0.3, 0.4) is 0 Å². The molecule has 1 aliphatic heterocycles. The van der Waals surface area contributed by atoms with Gasteiger partial charge in [-0.05, 0) is 44.0 Å². The second kappa shape index (κ2) is 8.60. The number of hydrogen-bond acceptors (Lipinski definition) is 5. The molecular formula is C26H24N4O3. The summed E-state index contributed by atoms with van der Waals surface area (Å²) in [6.45, 7) is 3.09. The number of fused-ring (bicyclic) bond motifs is 1. The van der Waals surface area contributed by atoms with Crippen LogP contribution in [0.4, 0.5) is 5.69 Å². The number of nitrogens with one attached hydrogen (secondary N) is 1. The Kier molecular flexibility index (Phi) is 5.48. The number of carbonyl (C=O) groups excluding carboxylic acids is 1. The maximum absolute atomic E-state index is 11.8. The molecule has 0 aliphatic carbocycles. The van der Waals surface area contributed by atoms with E-state index in [2.05, 4.69) is 16.8 Å². The number of imidazole rings is 1. The molecular weight excluding hydrogens is 416 g/mol. The summed E-state index contributed by atoms with van der Waals surface area (Å²) >= 11 is 0. The second-order valence-corrected chi connectivity index (χ2v) is 8.40. The quantitative estimate of drug-likeness (QED) is 0.246. The molecule has 5 rings (SSSR count). The Labute approximate surface area is 191 Å². The highest BCUT2D eigenvalue weighted by atomic mass is 16.6. The van der Waals surface area contributed by atoms with Crippen molar-refractivity contribution in [3.8, 4) is 22.5 Å². The molecule has 2 heterocycles. The molecule has 166 valence electrons. The van der Waals surface area contributed by atoms with Crippen LogP contribution in [0.1, 0.15) is 36.2 Å². The van der Waals surface area contributed by atoms with Crippen molar-refractivity contribution in [1.82, 2.24) is 14.9 Å². The zero-order valence-corrected chi connectivity index (χ0v) is 18.3. The summed E-state index contributed by atoms with van der Waals surface area (Å²) in [5, 5.41) is 15.4. The number of aromatic nitrogens is 2. The van der Waals surface area contributed by atoms with Gasteiger partial charge < -0.3 is 9.88 Å². The normalized spacial score (nSPS) is 16.7. The minimum atomic E-state index is -0.361. The summed E-state index contributed by atoms with van der Waals surface area (Å²) in [7, 11) is 0. The lowest BCUT2D eigenvalue weighted by Crippen LogP contribution is -2.31. The number of nitro groups is 1. The molecule has 1 N–H and O–H groups in total. The van der Waals surface area contributed by atoms with Gasteiger partial charge >= 0.3 is 0 Å². The van der Waals surface area contributed by atoms with Crippen molar-refractivity contribution in [3.05, 3.63) is 82.4 Å². The SMILES string of the molecule is C[C@@H](C1CCCN1)n1c(-c2ccccc2[N+](=O)[O-])nc2c(-c3ccccc3C=O)cccc21. The van der Waals surface area contributed by atoms with E-state index < -0.39 is 0 Å². The highest BCUT2D eigenvalue weighted by Crippen LogP contribution is 2.39. The van der Waals surface area contributed by atoms with Crippen molar-refractivity contribution in [1.29, 1.82) is 0 Å². The number of rotatable bonds is 6. The average Bonchev–Trinajstić information content (AvgIpc) is 3.52. The monoisotopic (exact) mass is 440 g/mol. The van der Waals surface area contributed by atoms with Crippen molar-refractivity contribution >= 4 is 23.0 Å². The fourth-order valence-electron chi connectivity index (χ4n) is 4.91. The Morgan fingerprint density at radius 3 is 2.52 bits per heavy atom. The minimum Gasteiger partial charge on any atom is -0.319 e. The molecule has 0 spiro atoms. The molecule has 0 amide bonds. The van der Waals surface area contributed by atoms with Crippen LogP contribution in [0.15, 0.2) is 66.7 Å². The molecule has 1 saturated heterocycles. The first-order valence-electron chi connectivity index (χ1n) is 11.1. The van der Waals surface area contributed by atoms with Gasteiger partial charge in [0.2, 0.25) is 0 Å². The van der Waals surface area contributed by atoms with Crippen molar-refractivity contribution in [2.75, 3.05) is 6.54 Å². The Morgan fingerprint density at radius 1 is 1.06 bits per heavy atom. The van der Waals surface area contributed by atoms with Gasteiger partial charge in [-0.1, -0.05) is 48.5 Å². The molecule has 3 aromatic carbocycles. The van der Waals surface area contributed by atoms with Crippen molar-refractivity contribution in [3.63, 3.8) is 0 Å². The molecule has 7 heteroatoms. The summed E-state index contributed by atoms with van der Waals surface area (Å²) in [6, 6.07) is 20.3. The van der Waals surface area contributed by atoms with Gasteiger partial charge in [0.25, 0.3) is 5.69 Å². The molecule has 33 heavy (non-hydrogen) atoms. The molecule has 1 aromatic heterocycles. The van der Waals surface area contributed by atoms with E-state index in [0.717, 1.165) is 47.8 Å². The Balaban J connectivity index is 1.82. The largest absolute Gasteiger partial charge is 0.319 e. The smallest absolute Gasteiger partial charge is 0.280 e. The number of benzene rings is 3. The van der Waals surface area contributed by atoms with Crippen LogP contribution < -0.4 is 5.32 Å². The van der Waals surface area contributed by atoms with Gasteiger partial charge in [-0.25, -0.2) is 4.98 Å². The van der Waals surface area contributed by atoms with Crippen LogP contribution in [-0.4, -0.2) is 33.3 Å². The lowest BCUT2D eigenvalue weighted by Gasteiger charge is -2.24. The maximum Gasteiger partial charge on any atom is 0.280 e. The summed E-state index contributed by atoms with van der Waals surface area (Å²) in [6.07, 6.45) is 2.98. The standard InChI is InChI=1S/C26H24N4O3/c1-17(22-12-7-15-27-22)29-24-14-6-11-20(19-9-3-2-8-18(19)16-31)25(24)28-26(29)21-10-4-5-13-23(21)30(32)33/h2-6,8-11,13-14,16-17,22,27H,7,12,15H2,1H3/t17-,22?/m0/s1. The van der Waals surface area contributed by atoms with Crippen LogP contribution in [0, 0.1) is 10.1 Å². The molecule has 7 nitrogen and oxygen atoms in total. The van der Waals surface area contributed by atoms with Gasteiger partial charge in [-0.3, -0.25) is 14.9 Å². The molecule has 4 aromatic rings. The van der Waals surface area contributed by atoms with E-state index >= 15 is 0 Å². The number of hydrogen-bond donors (Lipinski definition) is 1. The molecule has 0 bridgehead atoms. The maximum atomic E-state index is 11.8. The van der Waals surface area contributed by atoms with Crippen LogP contribution in [-0.2, 0) is 0 Å². The minimum absolute atomic E-state index is 0.0236. The fourth-order valence-corrected chi connectivity index (χ4v) is 4.91. The molecule has 0 saturated carbocycles. The van der Waals surface area contributed by atoms with E-state index in [-0.39, 0.29) is 22.7 Å². The fraction of sp³-hybridized carbons (Fsp3) is 0.231. The van der Waals surface area contributed by atoms with E-state index in [1.165, 1.54) is 6.07 Å². The van der Waals surface area contributed by atoms with E-state index in [1.807, 2.05) is 36.4 Å². The van der Waals surface area contributed by atoms with E-state index in [1.54, 1.807) is 24.3 Å². The van der Waals surface area contributed by atoms with Crippen molar-refractivity contribution < 1.29 is 9.72 Å². The number of para-hydroxylation sites is 2. The number of carbonyl (C=O) groups is 1. The Morgan fingerprint density at radius 2 is 1.79 bits per heavy atom. The third-order valence-electron chi connectivity index (χ3n) is 6.53. The predicted octanol–water partition coefficient (Wildman–Crippen LogP) is 5.40. The summed E-state index contributed by atoms with van der Waals surface area (Å²) in [4.78, 5) is 28.2. The molecule has 1 aliphatic rings. The van der Waals surface area contributed by atoms with E-state index in [4.69, 9.17) is 4.98 Å². The number of nitro benzene ring substituents is 1. The number of nitrogens with zero attached hydrogens (tertiary/aromatic N) is 3. The third kappa shape index (κ3) is 3.60. The van der Waals surface area contributed by atoms with Gasteiger partial charge in [0.05, 0.1) is 21.5 Å². The Hall–Kier alpha value is -3.84. The Bertz CT molecular complexity index is 1350. The second-order valence-electron chi connectivity index (χ2n) is 8.40. The van der Waals surface area contributed by atoms with Crippen LogP contribution in [0.5, 0.6) is 0 Å². The number of aldehydes is 1. The average molecular weight is 441 g/mol. The molecule has 1 unspecified atom stereocenters. The molecule has 0 radical (unpaired) electrons. The third-order valence-corrected chi connectivity index (χ3v) is 6.53. The van der Waals surface area contributed by atoms with Crippen LogP contribution >= 0.6 is 0 Å². The topological polar surface area (TPSA) is 90.1 Å². The first kappa shape index (κ1) is 21.0. The summed E-state index contributed by atoms with van der Waals surface area (Å²) in [5.41, 5.74) is 4.34. The zero-order chi connectivity index (χ0) is 22.9. The van der Waals surface area contributed by atoms with Gasteiger partial charge in [-0.2, -0.15) is 0 Å². The molecule has 1 fully saturated rings. The van der Waals surface area contributed by atoms with Gasteiger partial charge in [0.1, 0.15) is 5.82 Å². The van der Waals surface area contributed by atoms with Crippen LogP contribution in [0.25, 0.3) is 33.5 Å². The first-order chi connectivity index (χ1) is 16.1. The highest BCUT2D eigenvalue weighted by molar-refractivity contribution is 5.99. The molecule has 2 atom stereocenters. The lowest BCUT2D eigenvalue weighted by molar-refractivity contribution is -0.384. The van der Waals surface area contributed by atoms with E-state index in [9.17, 15) is 14.9 Å².